The maximum Gasteiger partial charge on any atom is 0.0118 e. The standard InChI is InChI=1S/C16H33N/c1-4-5-6-7-8-11-14-17-15-12-9-10-13-16(15,2)3/h15,17H,4-14H2,1-3H3. The number of rotatable bonds is 8. The first-order chi connectivity index (χ1) is 8.17. The van der Waals surface area contributed by atoms with Crippen LogP contribution < -0.4 is 5.32 Å². The van der Waals surface area contributed by atoms with Crippen LogP contribution in [0.3, 0.4) is 0 Å². The zero-order valence-electron chi connectivity index (χ0n) is 12.4. The van der Waals surface area contributed by atoms with Crippen LogP contribution in [0.5, 0.6) is 0 Å². The number of nitrogens with one attached hydrogen (secondary N) is 1. The van der Waals surface area contributed by atoms with E-state index in [-0.39, 0.29) is 0 Å². The summed E-state index contributed by atoms with van der Waals surface area (Å²) < 4.78 is 0. The van der Waals surface area contributed by atoms with Crippen LogP contribution in [0.15, 0.2) is 0 Å². The molecule has 1 aliphatic carbocycles. The fourth-order valence-electron chi connectivity index (χ4n) is 3.05. The molecular formula is C16H33N. The second kappa shape index (κ2) is 8.13. The molecule has 1 saturated carbocycles. The van der Waals surface area contributed by atoms with Gasteiger partial charge in [-0.05, 0) is 31.2 Å². The highest BCUT2D eigenvalue weighted by atomic mass is 14.9. The quantitative estimate of drug-likeness (QED) is 0.594. The summed E-state index contributed by atoms with van der Waals surface area (Å²) in [5.74, 6) is 0. The van der Waals surface area contributed by atoms with Gasteiger partial charge in [0, 0.05) is 6.04 Å². The predicted molar refractivity (Wildman–Crippen MR) is 77.4 cm³/mol. The van der Waals surface area contributed by atoms with E-state index in [1.807, 2.05) is 0 Å². The average Bonchev–Trinajstić information content (AvgIpc) is 2.29. The van der Waals surface area contributed by atoms with E-state index in [0.29, 0.717) is 5.41 Å². The Bertz CT molecular complexity index is 186. The molecule has 1 aliphatic rings. The third-order valence-electron chi connectivity index (χ3n) is 4.43. The van der Waals surface area contributed by atoms with E-state index in [1.54, 1.807) is 0 Å². The summed E-state index contributed by atoms with van der Waals surface area (Å²) in [5.41, 5.74) is 0.528. The Morgan fingerprint density at radius 3 is 2.41 bits per heavy atom. The van der Waals surface area contributed by atoms with Crippen LogP contribution >= 0.6 is 0 Å². The average molecular weight is 239 g/mol. The van der Waals surface area contributed by atoms with Crippen molar-refractivity contribution in [2.75, 3.05) is 6.54 Å². The van der Waals surface area contributed by atoms with Gasteiger partial charge in [0.05, 0.1) is 0 Å². The summed E-state index contributed by atoms with van der Waals surface area (Å²) >= 11 is 0. The molecule has 17 heavy (non-hydrogen) atoms. The lowest BCUT2D eigenvalue weighted by Gasteiger charge is -2.39. The molecule has 0 bridgehead atoms. The molecule has 0 aromatic heterocycles. The van der Waals surface area contributed by atoms with Gasteiger partial charge < -0.3 is 5.32 Å². The van der Waals surface area contributed by atoms with Crippen LogP contribution in [-0.2, 0) is 0 Å². The third-order valence-corrected chi connectivity index (χ3v) is 4.43. The number of unbranched alkanes of at least 4 members (excludes halogenated alkanes) is 5. The smallest absolute Gasteiger partial charge is 0.0118 e. The molecule has 1 heteroatoms. The minimum atomic E-state index is 0.528. The molecule has 0 amide bonds. The third kappa shape index (κ3) is 5.90. The van der Waals surface area contributed by atoms with Crippen LogP contribution in [0.1, 0.15) is 85.0 Å². The van der Waals surface area contributed by atoms with Gasteiger partial charge in [0.25, 0.3) is 0 Å². The summed E-state index contributed by atoms with van der Waals surface area (Å²) in [6.07, 6.45) is 14.1. The molecule has 1 nitrogen and oxygen atoms in total. The molecular weight excluding hydrogens is 206 g/mol. The van der Waals surface area contributed by atoms with Gasteiger partial charge >= 0.3 is 0 Å². The zero-order chi connectivity index (χ0) is 12.6. The van der Waals surface area contributed by atoms with Crippen molar-refractivity contribution in [1.82, 2.24) is 5.32 Å². The molecule has 0 radical (unpaired) electrons. The normalized spacial score (nSPS) is 23.8. The minimum Gasteiger partial charge on any atom is -0.313 e. The van der Waals surface area contributed by atoms with Gasteiger partial charge in [-0.25, -0.2) is 0 Å². The van der Waals surface area contributed by atoms with Gasteiger partial charge in [-0.2, -0.15) is 0 Å². The van der Waals surface area contributed by atoms with Crippen molar-refractivity contribution in [2.24, 2.45) is 5.41 Å². The van der Waals surface area contributed by atoms with E-state index in [2.05, 4.69) is 26.1 Å². The topological polar surface area (TPSA) is 12.0 Å². The molecule has 1 unspecified atom stereocenters. The lowest BCUT2D eigenvalue weighted by Crippen LogP contribution is -2.44. The van der Waals surface area contributed by atoms with E-state index in [9.17, 15) is 0 Å². The van der Waals surface area contributed by atoms with E-state index in [4.69, 9.17) is 0 Å². The monoisotopic (exact) mass is 239 g/mol. The Balaban J connectivity index is 2.01. The molecule has 0 saturated heterocycles. The highest BCUT2D eigenvalue weighted by Crippen LogP contribution is 2.35. The van der Waals surface area contributed by atoms with Crippen LogP contribution in [0, 0.1) is 5.41 Å². The molecule has 1 fully saturated rings. The van der Waals surface area contributed by atoms with Crippen molar-refractivity contribution in [1.29, 1.82) is 0 Å². The molecule has 1 rings (SSSR count). The van der Waals surface area contributed by atoms with E-state index >= 15 is 0 Å². The molecule has 0 spiro atoms. The maximum atomic E-state index is 3.80. The van der Waals surface area contributed by atoms with Crippen molar-refractivity contribution in [3.8, 4) is 0 Å². The summed E-state index contributed by atoms with van der Waals surface area (Å²) in [6.45, 7) is 8.39. The van der Waals surface area contributed by atoms with Crippen LogP contribution in [0.25, 0.3) is 0 Å². The summed E-state index contributed by atoms with van der Waals surface area (Å²) in [6, 6.07) is 0.770. The fourth-order valence-corrected chi connectivity index (χ4v) is 3.05. The molecule has 0 aromatic rings. The first-order valence-electron chi connectivity index (χ1n) is 7.90. The molecule has 0 aromatic carbocycles. The highest BCUT2D eigenvalue weighted by molar-refractivity contribution is 4.87. The Morgan fingerprint density at radius 1 is 1.00 bits per heavy atom. The van der Waals surface area contributed by atoms with Gasteiger partial charge in [0.15, 0.2) is 0 Å². The maximum absolute atomic E-state index is 3.80. The molecule has 0 aliphatic heterocycles. The highest BCUT2D eigenvalue weighted by Gasteiger charge is 2.31. The first kappa shape index (κ1) is 15.0. The number of hydrogen-bond acceptors (Lipinski definition) is 1. The lowest BCUT2D eigenvalue weighted by atomic mass is 9.73. The molecule has 102 valence electrons. The Hall–Kier alpha value is -0.0400. The predicted octanol–water partition coefficient (Wildman–Crippen LogP) is 4.91. The van der Waals surface area contributed by atoms with Crippen molar-refractivity contribution in [2.45, 2.75) is 91.0 Å². The van der Waals surface area contributed by atoms with E-state index in [1.165, 1.54) is 70.8 Å². The van der Waals surface area contributed by atoms with Gasteiger partial charge in [-0.15, -0.1) is 0 Å². The van der Waals surface area contributed by atoms with E-state index in [0.717, 1.165) is 6.04 Å². The number of hydrogen-bond donors (Lipinski definition) is 1. The molecule has 1 N–H and O–H groups in total. The van der Waals surface area contributed by atoms with Crippen LogP contribution in [-0.4, -0.2) is 12.6 Å². The van der Waals surface area contributed by atoms with Gasteiger partial charge in [0.2, 0.25) is 0 Å². The Kier molecular flexibility index (Phi) is 7.18. The Labute approximate surface area is 109 Å². The SMILES string of the molecule is CCCCCCCCNC1CCCCC1(C)C. The molecule has 0 heterocycles. The largest absolute Gasteiger partial charge is 0.313 e. The lowest BCUT2D eigenvalue weighted by molar-refractivity contribution is 0.167. The van der Waals surface area contributed by atoms with Gasteiger partial charge in [0.1, 0.15) is 0 Å². The zero-order valence-corrected chi connectivity index (χ0v) is 12.4. The summed E-state index contributed by atoms with van der Waals surface area (Å²) in [7, 11) is 0. The second-order valence-electron chi connectivity index (χ2n) is 6.51. The minimum absolute atomic E-state index is 0.528. The van der Waals surface area contributed by atoms with Crippen molar-refractivity contribution < 1.29 is 0 Å². The van der Waals surface area contributed by atoms with Crippen LogP contribution in [0.4, 0.5) is 0 Å². The second-order valence-corrected chi connectivity index (χ2v) is 6.51. The van der Waals surface area contributed by atoms with Crippen molar-refractivity contribution in [3.63, 3.8) is 0 Å². The van der Waals surface area contributed by atoms with Crippen molar-refractivity contribution >= 4 is 0 Å². The summed E-state index contributed by atoms with van der Waals surface area (Å²) in [5, 5.41) is 3.80. The fraction of sp³-hybridized carbons (Fsp3) is 1.00. The van der Waals surface area contributed by atoms with Gasteiger partial charge in [-0.1, -0.05) is 65.7 Å². The Morgan fingerprint density at radius 2 is 1.71 bits per heavy atom. The summed E-state index contributed by atoms with van der Waals surface area (Å²) in [4.78, 5) is 0. The first-order valence-corrected chi connectivity index (χ1v) is 7.90. The van der Waals surface area contributed by atoms with Gasteiger partial charge in [-0.3, -0.25) is 0 Å². The van der Waals surface area contributed by atoms with Crippen molar-refractivity contribution in [3.05, 3.63) is 0 Å². The van der Waals surface area contributed by atoms with E-state index < -0.39 is 0 Å². The van der Waals surface area contributed by atoms with Crippen LogP contribution in [0.2, 0.25) is 0 Å². The molecule has 1 atom stereocenters.